The maximum Gasteiger partial charge on any atom is 0.232 e. The molecule has 0 unspecified atom stereocenters. The van der Waals surface area contributed by atoms with Gasteiger partial charge in [0.15, 0.2) is 0 Å². The first-order chi connectivity index (χ1) is 7.57. The summed E-state index contributed by atoms with van der Waals surface area (Å²) in [6.45, 7) is 0. The van der Waals surface area contributed by atoms with E-state index >= 15 is 0 Å². The topological polar surface area (TPSA) is 46.2 Å². The zero-order valence-electron chi connectivity index (χ0n) is 8.61. The Bertz CT molecular complexity index is 491. The van der Waals surface area contributed by atoms with E-state index in [1.807, 2.05) is 0 Å². The number of benzene rings is 1. The van der Waals surface area contributed by atoms with E-state index < -0.39 is 10.0 Å². The largest absolute Gasteiger partial charge is 0.284 e. The summed E-state index contributed by atoms with van der Waals surface area (Å²) >= 11 is 5.44. The zero-order valence-corrected chi connectivity index (χ0v) is 10.2. The number of rotatable bonds is 5. The van der Waals surface area contributed by atoms with Crippen LogP contribution in [0.25, 0.3) is 0 Å². The van der Waals surface area contributed by atoms with Gasteiger partial charge in [-0.3, -0.25) is 4.72 Å². The highest BCUT2D eigenvalue weighted by Crippen LogP contribution is 2.12. The second kappa shape index (κ2) is 5.78. The minimum absolute atomic E-state index is 0.0107. The van der Waals surface area contributed by atoms with Gasteiger partial charge >= 0.3 is 0 Å². The molecule has 0 bridgehead atoms. The molecule has 0 fully saturated rings. The van der Waals surface area contributed by atoms with Crippen LogP contribution in [0.1, 0.15) is 12.0 Å². The molecule has 1 N–H and O–H groups in total. The van der Waals surface area contributed by atoms with Crippen molar-refractivity contribution in [3.05, 3.63) is 29.8 Å². The molecule has 0 radical (unpaired) electrons. The van der Waals surface area contributed by atoms with E-state index in [-0.39, 0.29) is 5.75 Å². The van der Waals surface area contributed by atoms with Gasteiger partial charge in [0.05, 0.1) is 5.75 Å². The number of terminal acetylenes is 1. The molecular weight excluding hydrogens is 246 g/mol. The number of nitrogens with one attached hydrogen (secondary N) is 1. The average Bonchev–Trinajstić information content (AvgIpc) is 2.26. The molecule has 86 valence electrons. The molecule has 0 saturated carbocycles. The van der Waals surface area contributed by atoms with Gasteiger partial charge < -0.3 is 0 Å². The number of hydrogen-bond acceptors (Lipinski definition) is 2. The Kier molecular flexibility index (Phi) is 4.66. The Labute approximate surface area is 101 Å². The summed E-state index contributed by atoms with van der Waals surface area (Å²) in [4.78, 5) is 0. The van der Waals surface area contributed by atoms with Crippen LogP contribution >= 0.6 is 11.6 Å². The fourth-order valence-electron chi connectivity index (χ4n) is 1.15. The molecule has 16 heavy (non-hydrogen) atoms. The van der Waals surface area contributed by atoms with Crippen LogP contribution in [0.5, 0.6) is 0 Å². The number of sulfonamides is 1. The third-order valence-corrected chi connectivity index (χ3v) is 3.49. The molecule has 0 aliphatic carbocycles. The Hall–Kier alpha value is -1.18. The third-order valence-electron chi connectivity index (χ3n) is 1.85. The zero-order chi connectivity index (χ0) is 12.0. The summed E-state index contributed by atoms with van der Waals surface area (Å²) in [7, 11) is -3.32. The maximum absolute atomic E-state index is 11.5. The first kappa shape index (κ1) is 12.9. The SMILES string of the molecule is C#Cc1cccc(NS(=O)(=O)CCCCl)c1. The van der Waals surface area contributed by atoms with Gasteiger partial charge in [-0.25, -0.2) is 8.42 Å². The predicted molar refractivity (Wildman–Crippen MR) is 67.1 cm³/mol. The third kappa shape index (κ3) is 4.13. The molecule has 0 amide bonds. The van der Waals surface area contributed by atoms with Crippen LogP contribution in [0, 0.1) is 12.3 Å². The summed E-state index contributed by atoms with van der Waals surface area (Å²) in [5.74, 6) is 2.78. The lowest BCUT2D eigenvalue weighted by atomic mass is 10.2. The monoisotopic (exact) mass is 257 g/mol. The lowest BCUT2D eigenvalue weighted by Gasteiger charge is -2.07. The van der Waals surface area contributed by atoms with Crippen molar-refractivity contribution in [3.8, 4) is 12.3 Å². The van der Waals surface area contributed by atoms with Crippen molar-refractivity contribution in [2.24, 2.45) is 0 Å². The molecule has 0 saturated heterocycles. The fourth-order valence-corrected chi connectivity index (χ4v) is 2.55. The van der Waals surface area contributed by atoms with Crippen LogP contribution in [0.4, 0.5) is 5.69 Å². The minimum atomic E-state index is -3.32. The van der Waals surface area contributed by atoms with Crippen molar-refractivity contribution < 1.29 is 8.42 Å². The van der Waals surface area contributed by atoms with Crippen LogP contribution in [-0.2, 0) is 10.0 Å². The lowest BCUT2D eigenvalue weighted by molar-refractivity contribution is 0.600. The highest BCUT2D eigenvalue weighted by atomic mass is 35.5. The van der Waals surface area contributed by atoms with Crippen LogP contribution in [0.3, 0.4) is 0 Å². The molecule has 0 atom stereocenters. The van der Waals surface area contributed by atoms with E-state index in [2.05, 4.69) is 10.6 Å². The molecule has 1 aromatic carbocycles. The highest BCUT2D eigenvalue weighted by Gasteiger charge is 2.09. The minimum Gasteiger partial charge on any atom is -0.284 e. The van der Waals surface area contributed by atoms with E-state index in [0.717, 1.165) is 0 Å². The van der Waals surface area contributed by atoms with Crippen molar-refractivity contribution in [3.63, 3.8) is 0 Å². The number of halogens is 1. The smallest absolute Gasteiger partial charge is 0.232 e. The van der Waals surface area contributed by atoms with Crippen molar-refractivity contribution >= 4 is 27.3 Å². The van der Waals surface area contributed by atoms with Gasteiger partial charge in [0, 0.05) is 17.1 Å². The Morgan fingerprint density at radius 3 is 2.81 bits per heavy atom. The quantitative estimate of drug-likeness (QED) is 0.648. The summed E-state index contributed by atoms with van der Waals surface area (Å²) < 4.78 is 25.5. The molecular formula is C11H12ClNO2S. The first-order valence-corrected chi connectivity index (χ1v) is 6.89. The molecule has 0 aliphatic heterocycles. The van der Waals surface area contributed by atoms with E-state index in [0.29, 0.717) is 23.6 Å². The molecule has 0 heterocycles. The standard InChI is InChI=1S/C11H12ClNO2S/c1-2-10-5-3-6-11(9-10)13-16(14,15)8-4-7-12/h1,3,5-6,9,13H,4,7-8H2. The van der Waals surface area contributed by atoms with Crippen molar-refractivity contribution in [2.45, 2.75) is 6.42 Å². The molecule has 0 aliphatic rings. The summed E-state index contributed by atoms with van der Waals surface area (Å²) in [6, 6.07) is 6.70. The lowest BCUT2D eigenvalue weighted by Crippen LogP contribution is -2.16. The molecule has 1 aromatic rings. The summed E-state index contributed by atoms with van der Waals surface area (Å²) in [6.07, 6.45) is 5.64. The Balaban J connectivity index is 2.77. The predicted octanol–water partition coefficient (Wildman–Crippen LogP) is 2.04. The molecule has 0 aromatic heterocycles. The normalized spacial score (nSPS) is 10.8. The van der Waals surface area contributed by atoms with Gasteiger partial charge in [0.1, 0.15) is 0 Å². The van der Waals surface area contributed by atoms with Crippen molar-refractivity contribution in [1.82, 2.24) is 0 Å². The molecule has 0 spiro atoms. The summed E-state index contributed by atoms with van der Waals surface area (Å²) in [5, 5.41) is 0. The van der Waals surface area contributed by atoms with Crippen LogP contribution < -0.4 is 4.72 Å². The van der Waals surface area contributed by atoms with Gasteiger partial charge in [0.2, 0.25) is 10.0 Å². The summed E-state index contributed by atoms with van der Waals surface area (Å²) in [5.41, 5.74) is 1.11. The fraction of sp³-hybridized carbons (Fsp3) is 0.273. The van der Waals surface area contributed by atoms with Crippen LogP contribution in [0.15, 0.2) is 24.3 Å². The molecule has 5 heteroatoms. The second-order valence-corrected chi connectivity index (χ2v) is 5.41. The van der Waals surface area contributed by atoms with Crippen molar-refractivity contribution in [1.29, 1.82) is 0 Å². The Morgan fingerprint density at radius 1 is 1.44 bits per heavy atom. The van der Waals surface area contributed by atoms with Crippen LogP contribution in [-0.4, -0.2) is 20.1 Å². The van der Waals surface area contributed by atoms with Gasteiger partial charge in [0.25, 0.3) is 0 Å². The number of anilines is 1. The van der Waals surface area contributed by atoms with E-state index in [4.69, 9.17) is 18.0 Å². The van der Waals surface area contributed by atoms with E-state index in [9.17, 15) is 8.42 Å². The van der Waals surface area contributed by atoms with Gasteiger partial charge in [-0.1, -0.05) is 12.0 Å². The molecule has 3 nitrogen and oxygen atoms in total. The van der Waals surface area contributed by atoms with Crippen molar-refractivity contribution in [2.75, 3.05) is 16.4 Å². The average molecular weight is 258 g/mol. The van der Waals surface area contributed by atoms with Gasteiger partial charge in [-0.2, -0.15) is 0 Å². The maximum atomic E-state index is 11.5. The second-order valence-electron chi connectivity index (χ2n) is 3.19. The number of hydrogen-bond donors (Lipinski definition) is 1. The highest BCUT2D eigenvalue weighted by molar-refractivity contribution is 7.92. The van der Waals surface area contributed by atoms with Gasteiger partial charge in [-0.15, -0.1) is 18.0 Å². The van der Waals surface area contributed by atoms with E-state index in [1.165, 1.54) is 0 Å². The van der Waals surface area contributed by atoms with E-state index in [1.54, 1.807) is 24.3 Å². The van der Waals surface area contributed by atoms with Crippen LogP contribution in [0.2, 0.25) is 0 Å². The number of alkyl halides is 1. The molecule has 1 rings (SSSR count). The van der Waals surface area contributed by atoms with Gasteiger partial charge in [-0.05, 0) is 24.6 Å². The first-order valence-electron chi connectivity index (χ1n) is 4.70. The Morgan fingerprint density at radius 2 is 2.19 bits per heavy atom.